The number of anilines is 3. The van der Waals surface area contributed by atoms with Gasteiger partial charge in [0, 0.05) is 64.7 Å². The predicted molar refractivity (Wildman–Crippen MR) is 152 cm³/mol. The van der Waals surface area contributed by atoms with Crippen molar-refractivity contribution in [3.05, 3.63) is 101 Å². The van der Waals surface area contributed by atoms with Crippen molar-refractivity contribution in [2.24, 2.45) is 0 Å². The average Bonchev–Trinajstić information content (AvgIpc) is 2.94. The second-order valence-corrected chi connectivity index (χ2v) is 9.69. The van der Waals surface area contributed by atoms with E-state index in [9.17, 15) is 5.11 Å². The molecule has 1 unspecified atom stereocenters. The Hall–Kier alpha value is -4.53. The number of nitrogens with one attached hydrogen (secondary N) is 1. The quantitative estimate of drug-likeness (QED) is 0.252. The fourth-order valence-electron chi connectivity index (χ4n) is 4.88. The Labute approximate surface area is 232 Å². The third-order valence-corrected chi connectivity index (χ3v) is 6.94. The molecule has 0 saturated heterocycles. The summed E-state index contributed by atoms with van der Waals surface area (Å²) >= 11 is 0. The topological polar surface area (TPSA) is 83.4 Å². The summed E-state index contributed by atoms with van der Waals surface area (Å²) in [6.45, 7) is 7.95. The molecule has 0 bridgehead atoms. The Morgan fingerprint density at radius 2 is 1.77 bits per heavy atom. The van der Waals surface area contributed by atoms with Crippen molar-refractivity contribution in [2.45, 2.75) is 46.7 Å². The van der Waals surface area contributed by atoms with Crippen LogP contribution >= 0.6 is 0 Å². The fraction of sp³-hybridized carbons (Fsp3) is 0.258. The van der Waals surface area contributed by atoms with E-state index in [0.717, 1.165) is 33.8 Å². The van der Waals surface area contributed by atoms with E-state index in [2.05, 4.69) is 20.3 Å². The molecule has 0 spiro atoms. The monoisotopic (exact) mass is 543 g/mol. The van der Waals surface area contributed by atoms with Crippen molar-refractivity contribution >= 4 is 22.8 Å². The molecule has 4 aromatic rings. The molecule has 2 N–H and O–H groups in total. The maximum atomic E-state index is 15.0. The number of hydrogen-bond donors (Lipinski definition) is 2. The lowest BCUT2D eigenvalue weighted by Gasteiger charge is -2.37. The zero-order valence-corrected chi connectivity index (χ0v) is 22.9. The highest BCUT2D eigenvalue weighted by atomic mass is 19.1. The van der Waals surface area contributed by atoms with Crippen LogP contribution in [0.1, 0.15) is 48.5 Å². The molecule has 0 aliphatic carbocycles. The summed E-state index contributed by atoms with van der Waals surface area (Å²) < 4.78 is 35.4. The van der Waals surface area contributed by atoms with Crippen LogP contribution in [0.5, 0.6) is 11.5 Å². The van der Waals surface area contributed by atoms with Crippen molar-refractivity contribution in [2.75, 3.05) is 16.8 Å². The van der Waals surface area contributed by atoms with Gasteiger partial charge in [-0.2, -0.15) is 0 Å². The van der Waals surface area contributed by atoms with Crippen LogP contribution in [0, 0.1) is 25.5 Å². The normalized spacial score (nSPS) is 14.5. The molecule has 7 nitrogen and oxygen atoms in total. The summed E-state index contributed by atoms with van der Waals surface area (Å²) in [7, 11) is 0. The Kier molecular flexibility index (Phi) is 7.64. The van der Waals surface area contributed by atoms with Gasteiger partial charge in [0.2, 0.25) is 0 Å². The van der Waals surface area contributed by atoms with E-state index >= 15 is 8.78 Å². The number of pyridine rings is 1. The number of aromatic nitrogens is 3. The molecular formula is C31H31F2N5O2. The summed E-state index contributed by atoms with van der Waals surface area (Å²) in [5.41, 5.74) is 4.90. The number of aromatic hydroxyl groups is 1. The summed E-state index contributed by atoms with van der Waals surface area (Å²) in [6, 6.07) is 11.8. The predicted octanol–water partition coefficient (Wildman–Crippen LogP) is 6.85. The van der Waals surface area contributed by atoms with Gasteiger partial charge in [0.15, 0.2) is 17.4 Å². The number of benzene rings is 2. The van der Waals surface area contributed by atoms with Crippen LogP contribution in [0.15, 0.2) is 60.9 Å². The number of hydrogen-bond acceptors (Lipinski definition) is 7. The van der Waals surface area contributed by atoms with Gasteiger partial charge in [-0.05, 0) is 44.9 Å². The minimum Gasteiger partial charge on any atom is -0.503 e. The van der Waals surface area contributed by atoms with Gasteiger partial charge < -0.3 is 20.1 Å². The number of para-hydroxylation sites is 1. The third-order valence-electron chi connectivity index (χ3n) is 6.94. The molecule has 9 heteroatoms. The molecule has 2 aromatic heterocycles. The highest BCUT2D eigenvalue weighted by Gasteiger charge is 2.29. The molecule has 3 heterocycles. The maximum absolute atomic E-state index is 15.0. The molecular weight excluding hydrogens is 512 g/mol. The zero-order valence-electron chi connectivity index (χ0n) is 22.9. The molecule has 1 atom stereocenters. The lowest BCUT2D eigenvalue weighted by Crippen LogP contribution is -2.37. The van der Waals surface area contributed by atoms with E-state index in [-0.39, 0.29) is 35.5 Å². The molecule has 40 heavy (non-hydrogen) atoms. The second-order valence-electron chi connectivity index (χ2n) is 9.69. The van der Waals surface area contributed by atoms with Crippen molar-refractivity contribution < 1.29 is 18.6 Å². The Morgan fingerprint density at radius 1 is 1.02 bits per heavy atom. The molecule has 206 valence electrons. The van der Waals surface area contributed by atoms with Gasteiger partial charge in [-0.25, -0.2) is 18.7 Å². The summed E-state index contributed by atoms with van der Waals surface area (Å²) in [4.78, 5) is 15.4. The van der Waals surface area contributed by atoms with E-state index in [4.69, 9.17) is 4.74 Å². The first-order valence-electron chi connectivity index (χ1n) is 13.2. The SMILES string of the molecule is CCOc1cc(F)c(CN2c3ccccc3C(c3ncc(O)c(Nc4cc(C)ncc4C)n3)=CC2CC)c(F)c1. The lowest BCUT2D eigenvalue weighted by molar-refractivity contribution is 0.335. The second kappa shape index (κ2) is 11.3. The molecule has 0 radical (unpaired) electrons. The first-order chi connectivity index (χ1) is 19.3. The van der Waals surface area contributed by atoms with Gasteiger partial charge in [0.25, 0.3) is 0 Å². The molecule has 1 aliphatic heterocycles. The third kappa shape index (κ3) is 5.32. The van der Waals surface area contributed by atoms with Crippen molar-refractivity contribution in [3.8, 4) is 11.5 Å². The molecule has 5 rings (SSSR count). The van der Waals surface area contributed by atoms with Gasteiger partial charge in [0.05, 0.1) is 12.8 Å². The van der Waals surface area contributed by atoms with Gasteiger partial charge in [-0.1, -0.05) is 31.2 Å². The fourth-order valence-corrected chi connectivity index (χ4v) is 4.88. The summed E-state index contributed by atoms with van der Waals surface area (Å²) in [6.07, 6.45) is 5.82. The number of nitrogens with zero attached hydrogens (tertiary/aromatic N) is 4. The molecule has 0 fully saturated rings. The maximum Gasteiger partial charge on any atom is 0.177 e. The van der Waals surface area contributed by atoms with Crippen LogP contribution in [0.2, 0.25) is 0 Å². The Balaban J connectivity index is 1.53. The highest BCUT2D eigenvalue weighted by Crippen LogP contribution is 2.40. The van der Waals surface area contributed by atoms with Gasteiger partial charge >= 0.3 is 0 Å². The standard InChI is InChI=1S/C31H31F2N5O2/c1-5-20-12-23(30-35-16-29(39)31(37-30)36-27-11-19(4)34-15-18(27)3)22-9-7-8-10-28(22)38(20)17-24-25(32)13-21(40-6-2)14-26(24)33/h7-16,20,39H,5-6,17H2,1-4H3,(H,34,35,36,37). The van der Waals surface area contributed by atoms with E-state index in [1.807, 2.05) is 62.1 Å². The molecule has 2 aromatic carbocycles. The number of fused-ring (bicyclic) bond motifs is 1. The summed E-state index contributed by atoms with van der Waals surface area (Å²) in [5.74, 6) is -0.522. The van der Waals surface area contributed by atoms with E-state index in [1.54, 1.807) is 13.1 Å². The Bertz CT molecular complexity index is 1570. The molecule has 0 saturated carbocycles. The Morgan fingerprint density at radius 3 is 2.50 bits per heavy atom. The lowest BCUT2D eigenvalue weighted by atomic mass is 9.92. The van der Waals surface area contributed by atoms with E-state index < -0.39 is 11.6 Å². The number of ether oxygens (including phenoxy) is 1. The number of rotatable bonds is 8. The zero-order chi connectivity index (χ0) is 28.4. The number of aryl methyl sites for hydroxylation is 2. The van der Waals surface area contributed by atoms with Crippen LogP contribution in [-0.2, 0) is 6.54 Å². The largest absolute Gasteiger partial charge is 0.503 e. The minimum absolute atomic E-state index is 0.0241. The van der Waals surface area contributed by atoms with Crippen LogP contribution in [-0.4, -0.2) is 32.7 Å². The smallest absolute Gasteiger partial charge is 0.177 e. The van der Waals surface area contributed by atoms with Gasteiger partial charge in [-0.3, -0.25) is 4.98 Å². The van der Waals surface area contributed by atoms with Crippen molar-refractivity contribution in [3.63, 3.8) is 0 Å². The highest BCUT2D eigenvalue weighted by molar-refractivity contribution is 5.88. The number of halogens is 2. The van der Waals surface area contributed by atoms with Gasteiger partial charge in [0.1, 0.15) is 17.4 Å². The van der Waals surface area contributed by atoms with Crippen LogP contribution in [0.25, 0.3) is 5.57 Å². The van der Waals surface area contributed by atoms with Crippen molar-refractivity contribution in [1.82, 2.24) is 15.0 Å². The van der Waals surface area contributed by atoms with Crippen LogP contribution < -0.4 is 15.0 Å². The average molecular weight is 544 g/mol. The first kappa shape index (κ1) is 27.1. The van der Waals surface area contributed by atoms with Crippen LogP contribution in [0.4, 0.5) is 26.0 Å². The van der Waals surface area contributed by atoms with E-state index in [1.165, 1.54) is 18.3 Å². The first-order valence-corrected chi connectivity index (χ1v) is 13.2. The van der Waals surface area contributed by atoms with Crippen molar-refractivity contribution in [1.29, 1.82) is 0 Å². The minimum atomic E-state index is -0.648. The van der Waals surface area contributed by atoms with Crippen LogP contribution in [0.3, 0.4) is 0 Å². The van der Waals surface area contributed by atoms with E-state index in [0.29, 0.717) is 18.9 Å². The van der Waals surface area contributed by atoms with Gasteiger partial charge in [-0.15, -0.1) is 0 Å². The summed E-state index contributed by atoms with van der Waals surface area (Å²) in [5, 5.41) is 13.8. The molecule has 0 amide bonds. The molecule has 1 aliphatic rings.